The van der Waals surface area contributed by atoms with Crippen LogP contribution in [0.2, 0.25) is 0 Å². The van der Waals surface area contributed by atoms with Crippen molar-refractivity contribution in [1.82, 2.24) is 15.5 Å². The number of carbonyl (C=O) groups excluding carboxylic acids is 1. The van der Waals surface area contributed by atoms with Gasteiger partial charge in [-0.15, -0.1) is 0 Å². The minimum atomic E-state index is -0.0460. The van der Waals surface area contributed by atoms with Crippen molar-refractivity contribution in [2.75, 3.05) is 6.54 Å². The number of nitrogens with zero attached hydrogens (tertiary/aromatic N) is 1. The van der Waals surface area contributed by atoms with Crippen molar-refractivity contribution in [3.8, 4) is 0 Å². The Hall–Kier alpha value is -1.32. The average molecular weight is 277 g/mol. The van der Waals surface area contributed by atoms with E-state index in [2.05, 4.69) is 29.4 Å². The Kier molecular flexibility index (Phi) is 5.62. The summed E-state index contributed by atoms with van der Waals surface area (Å²) in [5.74, 6) is 1.37. The molecule has 0 aliphatic heterocycles. The first-order chi connectivity index (χ1) is 9.66. The van der Waals surface area contributed by atoms with Gasteiger partial charge in [0.15, 0.2) is 0 Å². The van der Waals surface area contributed by atoms with E-state index in [9.17, 15) is 4.79 Å². The molecule has 0 aromatic carbocycles. The van der Waals surface area contributed by atoms with Crippen LogP contribution in [-0.4, -0.2) is 22.6 Å². The molecule has 0 unspecified atom stereocenters. The van der Waals surface area contributed by atoms with Crippen LogP contribution in [0.4, 0.5) is 0 Å². The van der Waals surface area contributed by atoms with Gasteiger partial charge in [-0.2, -0.15) is 5.10 Å². The van der Waals surface area contributed by atoms with Crippen LogP contribution >= 0.6 is 0 Å². The number of aromatic amines is 1. The molecule has 0 bridgehead atoms. The van der Waals surface area contributed by atoms with Crippen LogP contribution < -0.4 is 5.32 Å². The van der Waals surface area contributed by atoms with E-state index in [1.165, 1.54) is 38.5 Å². The minimum absolute atomic E-state index is 0.0460. The van der Waals surface area contributed by atoms with E-state index >= 15 is 0 Å². The predicted molar refractivity (Wildman–Crippen MR) is 80.8 cm³/mol. The van der Waals surface area contributed by atoms with Crippen molar-refractivity contribution in [2.45, 2.75) is 64.7 Å². The van der Waals surface area contributed by atoms with E-state index in [0.717, 1.165) is 24.6 Å². The summed E-state index contributed by atoms with van der Waals surface area (Å²) in [6.45, 7) is 5.28. The van der Waals surface area contributed by atoms with Gasteiger partial charge in [0.05, 0.1) is 0 Å². The van der Waals surface area contributed by atoms with Crippen molar-refractivity contribution >= 4 is 5.91 Å². The van der Waals surface area contributed by atoms with Crippen LogP contribution in [0.5, 0.6) is 0 Å². The summed E-state index contributed by atoms with van der Waals surface area (Å²) in [5.41, 5.74) is 1.65. The summed E-state index contributed by atoms with van der Waals surface area (Å²) in [4.78, 5) is 11.9. The first kappa shape index (κ1) is 15.1. The van der Waals surface area contributed by atoms with Gasteiger partial charge in [-0.3, -0.25) is 9.89 Å². The molecule has 1 aromatic heterocycles. The SMILES string of the molecule is CC(C)CCCCCCNC(=O)c1cc(C2CC2)[nH]n1. The standard InChI is InChI=1S/C16H27N3O/c1-12(2)7-5-3-4-6-10-17-16(20)15-11-14(18-19-15)13-8-9-13/h11-13H,3-10H2,1-2H3,(H,17,20)(H,18,19). The molecule has 0 saturated heterocycles. The normalized spacial score (nSPS) is 14.8. The molecule has 1 aliphatic rings. The molecule has 2 N–H and O–H groups in total. The molecule has 112 valence electrons. The van der Waals surface area contributed by atoms with Crippen molar-refractivity contribution in [1.29, 1.82) is 0 Å². The zero-order chi connectivity index (χ0) is 14.4. The molecule has 1 aliphatic carbocycles. The molecule has 1 fully saturated rings. The molecule has 0 atom stereocenters. The summed E-state index contributed by atoms with van der Waals surface area (Å²) in [5, 5.41) is 10.0. The average Bonchev–Trinajstić information content (AvgIpc) is 3.14. The topological polar surface area (TPSA) is 57.8 Å². The Balaban J connectivity index is 1.55. The zero-order valence-corrected chi connectivity index (χ0v) is 12.7. The first-order valence-corrected chi connectivity index (χ1v) is 8.00. The van der Waals surface area contributed by atoms with Crippen LogP contribution in [0.1, 0.15) is 80.9 Å². The maximum atomic E-state index is 11.9. The van der Waals surface area contributed by atoms with Crippen LogP contribution in [0, 0.1) is 5.92 Å². The summed E-state index contributed by atoms with van der Waals surface area (Å²) in [6.07, 6.45) is 8.57. The van der Waals surface area contributed by atoms with Crippen LogP contribution in [0.3, 0.4) is 0 Å². The lowest BCUT2D eigenvalue weighted by molar-refractivity contribution is 0.0948. The number of carbonyl (C=O) groups is 1. The van der Waals surface area contributed by atoms with Crippen molar-refractivity contribution in [2.24, 2.45) is 5.92 Å². The van der Waals surface area contributed by atoms with Gasteiger partial charge in [0.2, 0.25) is 0 Å². The number of unbranched alkanes of at least 4 members (excludes halogenated alkanes) is 3. The summed E-state index contributed by atoms with van der Waals surface area (Å²) < 4.78 is 0. The fourth-order valence-corrected chi connectivity index (χ4v) is 2.38. The molecule has 0 spiro atoms. The van der Waals surface area contributed by atoms with E-state index in [-0.39, 0.29) is 5.91 Å². The highest BCUT2D eigenvalue weighted by Crippen LogP contribution is 2.38. The zero-order valence-electron chi connectivity index (χ0n) is 12.7. The lowest BCUT2D eigenvalue weighted by Crippen LogP contribution is -2.24. The summed E-state index contributed by atoms with van der Waals surface area (Å²) >= 11 is 0. The Morgan fingerprint density at radius 2 is 2.10 bits per heavy atom. The van der Waals surface area contributed by atoms with Gasteiger partial charge in [0.25, 0.3) is 5.91 Å². The third-order valence-electron chi connectivity index (χ3n) is 3.84. The largest absolute Gasteiger partial charge is 0.351 e. The van der Waals surface area contributed by atoms with E-state index in [4.69, 9.17) is 0 Å². The van der Waals surface area contributed by atoms with Crippen molar-refractivity contribution < 1.29 is 4.79 Å². The van der Waals surface area contributed by atoms with Crippen molar-refractivity contribution in [3.05, 3.63) is 17.5 Å². The van der Waals surface area contributed by atoms with Gasteiger partial charge >= 0.3 is 0 Å². The molecule has 1 heterocycles. The maximum absolute atomic E-state index is 11.9. The second-order valence-electron chi connectivity index (χ2n) is 6.34. The van der Waals surface area contributed by atoms with Crippen LogP contribution in [-0.2, 0) is 0 Å². The molecule has 4 nitrogen and oxygen atoms in total. The minimum Gasteiger partial charge on any atom is -0.351 e. The molecular formula is C16H27N3O. The smallest absolute Gasteiger partial charge is 0.271 e. The number of H-pyrrole nitrogens is 1. The monoisotopic (exact) mass is 277 g/mol. The lowest BCUT2D eigenvalue weighted by atomic mass is 10.0. The predicted octanol–water partition coefficient (Wildman–Crippen LogP) is 3.62. The van der Waals surface area contributed by atoms with Gasteiger partial charge in [0, 0.05) is 18.2 Å². The van der Waals surface area contributed by atoms with Gasteiger partial charge < -0.3 is 5.32 Å². The lowest BCUT2D eigenvalue weighted by Gasteiger charge is -2.05. The van der Waals surface area contributed by atoms with Crippen LogP contribution in [0.25, 0.3) is 0 Å². The number of amides is 1. The highest BCUT2D eigenvalue weighted by molar-refractivity contribution is 5.92. The third-order valence-corrected chi connectivity index (χ3v) is 3.84. The molecule has 1 aromatic rings. The number of rotatable bonds is 9. The number of nitrogens with one attached hydrogen (secondary N) is 2. The van der Waals surface area contributed by atoms with E-state index in [1.54, 1.807) is 0 Å². The Labute approximate surface area is 121 Å². The molecule has 4 heteroatoms. The third kappa shape index (κ3) is 4.99. The summed E-state index contributed by atoms with van der Waals surface area (Å²) in [6, 6.07) is 1.90. The van der Waals surface area contributed by atoms with Gasteiger partial charge in [0.1, 0.15) is 5.69 Å². The van der Waals surface area contributed by atoms with E-state index < -0.39 is 0 Å². The Morgan fingerprint density at radius 1 is 1.35 bits per heavy atom. The van der Waals surface area contributed by atoms with Crippen molar-refractivity contribution in [3.63, 3.8) is 0 Å². The highest BCUT2D eigenvalue weighted by Gasteiger charge is 2.26. The highest BCUT2D eigenvalue weighted by atomic mass is 16.1. The second kappa shape index (κ2) is 7.46. The molecule has 1 amide bonds. The Morgan fingerprint density at radius 3 is 2.80 bits per heavy atom. The number of hydrogen-bond donors (Lipinski definition) is 2. The van der Waals surface area contributed by atoms with Crippen LogP contribution in [0.15, 0.2) is 6.07 Å². The molecular weight excluding hydrogens is 250 g/mol. The molecule has 0 radical (unpaired) electrons. The van der Waals surface area contributed by atoms with Gasteiger partial charge in [-0.05, 0) is 31.2 Å². The molecule has 2 rings (SSSR count). The fourth-order valence-electron chi connectivity index (χ4n) is 2.38. The second-order valence-corrected chi connectivity index (χ2v) is 6.34. The Bertz CT molecular complexity index is 421. The summed E-state index contributed by atoms with van der Waals surface area (Å²) in [7, 11) is 0. The molecule has 20 heavy (non-hydrogen) atoms. The van der Waals surface area contributed by atoms with E-state index in [0.29, 0.717) is 11.6 Å². The van der Waals surface area contributed by atoms with E-state index in [1.807, 2.05) is 6.07 Å². The maximum Gasteiger partial charge on any atom is 0.271 e. The quantitative estimate of drug-likeness (QED) is 0.677. The van der Waals surface area contributed by atoms with Gasteiger partial charge in [-0.1, -0.05) is 39.5 Å². The fraction of sp³-hybridized carbons (Fsp3) is 0.750. The first-order valence-electron chi connectivity index (χ1n) is 8.00. The number of hydrogen-bond acceptors (Lipinski definition) is 2. The van der Waals surface area contributed by atoms with Gasteiger partial charge in [-0.25, -0.2) is 0 Å². The molecule has 1 saturated carbocycles. The number of aromatic nitrogens is 2.